The topological polar surface area (TPSA) is 122 Å². The summed E-state index contributed by atoms with van der Waals surface area (Å²) in [4.78, 5) is 33.3. The Kier molecular flexibility index (Phi) is 5.37. The van der Waals surface area contributed by atoms with Gasteiger partial charge in [0.25, 0.3) is 5.69 Å². The Morgan fingerprint density at radius 1 is 1.17 bits per heavy atom. The van der Waals surface area contributed by atoms with Crippen LogP contribution in [0.3, 0.4) is 0 Å². The molecule has 2 amide bonds. The van der Waals surface area contributed by atoms with Crippen LogP contribution in [-0.2, 0) is 0 Å². The summed E-state index contributed by atoms with van der Waals surface area (Å²) in [5.74, 6) is -1.21. The van der Waals surface area contributed by atoms with E-state index in [2.05, 4.69) is 26.6 Å². The third-order valence-corrected chi connectivity index (χ3v) is 3.67. The molecule has 0 saturated carbocycles. The minimum absolute atomic E-state index is 0.0629. The lowest BCUT2D eigenvalue weighted by Gasteiger charge is -2.10. The van der Waals surface area contributed by atoms with Gasteiger partial charge in [0.1, 0.15) is 5.02 Å². The van der Waals surface area contributed by atoms with E-state index in [9.17, 15) is 19.7 Å². The Hall–Kier alpha value is -2.65. The number of urea groups is 1. The molecule has 0 saturated heterocycles. The molecular weight excluding hydrogens is 406 g/mol. The number of nitro groups is 1. The maximum Gasteiger partial charge on any atom is 0.337 e. The minimum Gasteiger partial charge on any atom is -0.478 e. The lowest BCUT2D eigenvalue weighted by atomic mass is 10.2. The van der Waals surface area contributed by atoms with Crippen molar-refractivity contribution in [2.45, 2.75) is 0 Å². The average molecular weight is 415 g/mol. The number of aromatic carboxylic acids is 1. The number of carboxylic acids is 1. The van der Waals surface area contributed by atoms with Crippen molar-refractivity contribution in [3.05, 3.63) is 61.6 Å². The molecule has 0 fully saturated rings. The van der Waals surface area contributed by atoms with E-state index in [0.717, 1.165) is 6.07 Å². The number of hydrogen-bond donors (Lipinski definition) is 3. The SMILES string of the molecule is O=C(Nc1ccc(Cl)c([N+](=O)[O-])c1)Nc1ccc(Br)cc1C(=O)O. The number of carbonyl (C=O) groups excluding carboxylic acids is 1. The van der Waals surface area contributed by atoms with Gasteiger partial charge >= 0.3 is 12.0 Å². The van der Waals surface area contributed by atoms with E-state index in [1.54, 1.807) is 6.07 Å². The maximum atomic E-state index is 12.0. The van der Waals surface area contributed by atoms with Crippen molar-refractivity contribution in [3.63, 3.8) is 0 Å². The van der Waals surface area contributed by atoms with Crippen LogP contribution in [0.1, 0.15) is 10.4 Å². The number of nitro benzene ring substituents is 1. The normalized spacial score (nSPS) is 10.1. The Morgan fingerprint density at radius 3 is 2.50 bits per heavy atom. The number of halogens is 2. The molecule has 2 aromatic rings. The zero-order valence-corrected chi connectivity index (χ0v) is 14.1. The van der Waals surface area contributed by atoms with E-state index in [1.807, 2.05) is 0 Å². The van der Waals surface area contributed by atoms with Gasteiger partial charge < -0.3 is 15.7 Å². The van der Waals surface area contributed by atoms with Crippen LogP contribution in [0.2, 0.25) is 5.02 Å². The predicted octanol–water partition coefficient (Wildman–Crippen LogP) is 4.35. The highest BCUT2D eigenvalue weighted by Gasteiger charge is 2.16. The Labute approximate surface area is 148 Å². The molecule has 24 heavy (non-hydrogen) atoms. The van der Waals surface area contributed by atoms with Gasteiger partial charge in [0.2, 0.25) is 0 Å². The van der Waals surface area contributed by atoms with Crippen molar-refractivity contribution in [1.82, 2.24) is 0 Å². The number of hydrogen-bond acceptors (Lipinski definition) is 4. The molecule has 0 heterocycles. The molecule has 0 aliphatic heterocycles. The van der Waals surface area contributed by atoms with Crippen LogP contribution in [0.15, 0.2) is 40.9 Å². The Balaban J connectivity index is 2.19. The first kappa shape index (κ1) is 17.7. The fraction of sp³-hybridized carbons (Fsp3) is 0. The first-order chi connectivity index (χ1) is 11.3. The van der Waals surface area contributed by atoms with Crippen LogP contribution in [0, 0.1) is 10.1 Å². The van der Waals surface area contributed by atoms with E-state index in [4.69, 9.17) is 16.7 Å². The van der Waals surface area contributed by atoms with Gasteiger partial charge in [-0.25, -0.2) is 9.59 Å². The van der Waals surface area contributed by atoms with Crippen molar-refractivity contribution in [2.75, 3.05) is 10.6 Å². The van der Waals surface area contributed by atoms with E-state index < -0.39 is 16.9 Å². The second-order valence-corrected chi connectivity index (χ2v) is 5.82. The summed E-state index contributed by atoms with van der Waals surface area (Å²) in [6.45, 7) is 0. The number of anilines is 2. The van der Waals surface area contributed by atoms with Crippen molar-refractivity contribution in [3.8, 4) is 0 Å². The van der Waals surface area contributed by atoms with Gasteiger partial charge in [-0.2, -0.15) is 0 Å². The number of nitrogens with one attached hydrogen (secondary N) is 2. The van der Waals surface area contributed by atoms with Crippen LogP contribution >= 0.6 is 27.5 Å². The maximum absolute atomic E-state index is 12.0. The summed E-state index contributed by atoms with van der Waals surface area (Å²) in [6, 6.07) is 7.32. The van der Waals surface area contributed by atoms with Gasteiger partial charge in [-0.15, -0.1) is 0 Å². The summed E-state index contributed by atoms with van der Waals surface area (Å²) in [6.07, 6.45) is 0. The summed E-state index contributed by atoms with van der Waals surface area (Å²) in [7, 11) is 0. The number of benzene rings is 2. The molecule has 2 rings (SSSR count). The number of carboxylic acid groups (broad SMARTS) is 1. The zero-order valence-electron chi connectivity index (χ0n) is 11.7. The number of rotatable bonds is 4. The van der Waals surface area contributed by atoms with E-state index in [0.29, 0.717) is 4.47 Å². The van der Waals surface area contributed by atoms with Crippen molar-refractivity contribution in [2.24, 2.45) is 0 Å². The molecule has 0 bridgehead atoms. The smallest absolute Gasteiger partial charge is 0.337 e. The van der Waals surface area contributed by atoms with Crippen LogP contribution in [0.4, 0.5) is 21.9 Å². The molecule has 8 nitrogen and oxygen atoms in total. The van der Waals surface area contributed by atoms with Gasteiger partial charge in [-0.3, -0.25) is 10.1 Å². The van der Waals surface area contributed by atoms with E-state index >= 15 is 0 Å². The molecule has 0 atom stereocenters. The lowest BCUT2D eigenvalue weighted by Crippen LogP contribution is -2.21. The standard InChI is InChI=1S/C14H9BrClN3O5/c15-7-1-4-11(9(5-7)13(20)21)18-14(22)17-8-2-3-10(16)12(6-8)19(23)24/h1-6H,(H,20,21)(H2,17,18,22). The van der Waals surface area contributed by atoms with Gasteiger partial charge in [0.05, 0.1) is 16.2 Å². The molecular formula is C14H9BrClN3O5. The molecule has 10 heteroatoms. The highest BCUT2D eigenvalue weighted by Crippen LogP contribution is 2.27. The quantitative estimate of drug-likeness (QED) is 0.507. The number of nitrogens with zero attached hydrogens (tertiary/aromatic N) is 1. The van der Waals surface area contributed by atoms with Gasteiger partial charge in [-0.1, -0.05) is 27.5 Å². The first-order valence-corrected chi connectivity index (χ1v) is 7.50. The fourth-order valence-electron chi connectivity index (χ4n) is 1.82. The molecule has 0 aliphatic rings. The monoisotopic (exact) mass is 413 g/mol. The molecule has 3 N–H and O–H groups in total. The fourth-order valence-corrected chi connectivity index (χ4v) is 2.37. The lowest BCUT2D eigenvalue weighted by molar-refractivity contribution is -0.384. The largest absolute Gasteiger partial charge is 0.478 e. The van der Waals surface area contributed by atoms with Gasteiger partial charge in [0, 0.05) is 16.2 Å². The van der Waals surface area contributed by atoms with Gasteiger partial charge in [-0.05, 0) is 30.3 Å². The van der Waals surface area contributed by atoms with Crippen LogP contribution in [0.25, 0.3) is 0 Å². The predicted molar refractivity (Wildman–Crippen MR) is 91.8 cm³/mol. The Bertz CT molecular complexity index is 843. The molecule has 0 aromatic heterocycles. The zero-order chi connectivity index (χ0) is 17.9. The second kappa shape index (κ2) is 7.28. The minimum atomic E-state index is -1.21. The van der Waals surface area contributed by atoms with Gasteiger partial charge in [0.15, 0.2) is 0 Å². The number of amides is 2. The third-order valence-electron chi connectivity index (χ3n) is 2.86. The number of carbonyl (C=O) groups is 2. The van der Waals surface area contributed by atoms with Crippen LogP contribution < -0.4 is 10.6 Å². The molecule has 0 radical (unpaired) electrons. The first-order valence-electron chi connectivity index (χ1n) is 6.32. The second-order valence-electron chi connectivity index (χ2n) is 4.50. The molecule has 0 unspecified atom stereocenters. The van der Waals surface area contributed by atoms with E-state index in [-0.39, 0.29) is 27.6 Å². The summed E-state index contributed by atoms with van der Waals surface area (Å²) in [5.41, 5.74) is -0.254. The summed E-state index contributed by atoms with van der Waals surface area (Å²) < 4.78 is 0.541. The van der Waals surface area contributed by atoms with E-state index in [1.165, 1.54) is 24.3 Å². The molecule has 124 valence electrons. The highest BCUT2D eigenvalue weighted by molar-refractivity contribution is 9.10. The van der Waals surface area contributed by atoms with Crippen molar-refractivity contribution >= 4 is 56.6 Å². The van der Waals surface area contributed by atoms with Crippen molar-refractivity contribution < 1.29 is 19.6 Å². The molecule has 0 aliphatic carbocycles. The van der Waals surface area contributed by atoms with Crippen molar-refractivity contribution in [1.29, 1.82) is 0 Å². The van der Waals surface area contributed by atoms with Crippen LogP contribution in [-0.4, -0.2) is 22.0 Å². The highest BCUT2D eigenvalue weighted by atomic mass is 79.9. The van der Waals surface area contributed by atoms with Crippen LogP contribution in [0.5, 0.6) is 0 Å². The molecule has 2 aromatic carbocycles. The summed E-state index contributed by atoms with van der Waals surface area (Å²) in [5, 5.41) is 24.7. The molecule has 0 spiro atoms. The Morgan fingerprint density at radius 2 is 1.88 bits per heavy atom. The average Bonchev–Trinajstić information content (AvgIpc) is 2.50. The summed E-state index contributed by atoms with van der Waals surface area (Å²) >= 11 is 8.83. The third kappa shape index (κ3) is 4.21.